The van der Waals surface area contributed by atoms with Crippen LogP contribution in [0.5, 0.6) is 23.0 Å². The van der Waals surface area contributed by atoms with E-state index < -0.39 is 0 Å². The second kappa shape index (κ2) is 10.6. The molecular formula is C25H25NO7S. The lowest BCUT2D eigenvalue weighted by Gasteiger charge is -2.16. The molecule has 0 saturated heterocycles. The highest BCUT2D eigenvalue weighted by atomic mass is 32.1. The number of methoxy groups -OCH3 is 2. The van der Waals surface area contributed by atoms with E-state index in [1.807, 2.05) is 18.2 Å². The topological polar surface area (TPSA) is 93.2 Å². The van der Waals surface area contributed by atoms with Gasteiger partial charge in [0.25, 0.3) is 0 Å². The molecule has 0 unspecified atom stereocenters. The number of carbonyl (C=O) groups is 2. The van der Waals surface area contributed by atoms with Gasteiger partial charge in [-0.2, -0.15) is 0 Å². The van der Waals surface area contributed by atoms with E-state index >= 15 is 0 Å². The number of hydrogen-bond acceptors (Lipinski definition) is 9. The Morgan fingerprint density at radius 2 is 1.59 bits per heavy atom. The number of ketones is 1. The summed E-state index contributed by atoms with van der Waals surface area (Å²) in [5, 5.41) is 0.387. The van der Waals surface area contributed by atoms with Crippen LogP contribution in [0.15, 0.2) is 36.4 Å². The van der Waals surface area contributed by atoms with Crippen molar-refractivity contribution in [3.63, 3.8) is 0 Å². The van der Waals surface area contributed by atoms with Crippen LogP contribution >= 0.6 is 11.3 Å². The smallest absolute Gasteiger partial charge is 0.367 e. The zero-order chi connectivity index (χ0) is 24.1. The van der Waals surface area contributed by atoms with Crippen LogP contribution in [0.2, 0.25) is 0 Å². The number of nitrogens with zero attached hydrogens (tertiary/aromatic N) is 1. The van der Waals surface area contributed by atoms with Crippen molar-refractivity contribution >= 4 is 23.1 Å². The first-order valence-electron chi connectivity index (χ1n) is 10.9. The lowest BCUT2D eigenvalue weighted by Crippen LogP contribution is -2.15. The summed E-state index contributed by atoms with van der Waals surface area (Å²) in [6, 6.07) is 10.9. The van der Waals surface area contributed by atoms with Gasteiger partial charge in [0.15, 0.2) is 5.78 Å². The van der Waals surface area contributed by atoms with Gasteiger partial charge in [0.05, 0.1) is 50.2 Å². The molecule has 3 aromatic rings. The molecule has 8 nitrogen and oxygen atoms in total. The van der Waals surface area contributed by atoms with Crippen molar-refractivity contribution in [1.82, 2.24) is 4.98 Å². The van der Waals surface area contributed by atoms with E-state index in [0.717, 1.165) is 27.6 Å². The Kier molecular flexibility index (Phi) is 7.32. The Balaban J connectivity index is 0.000000180. The molecule has 2 aliphatic rings. The average molecular weight is 484 g/mol. The Labute approximate surface area is 201 Å². The first kappa shape index (κ1) is 23.6. The number of aromatic nitrogens is 1. The highest BCUT2D eigenvalue weighted by Gasteiger charge is 2.24. The standard InChI is InChI=1S/C15H15NO4S.C10H10O3/c1-3-19-15(17)14-16-11-6-7-20-12-5-4-9(18-2)8-10(12)13(11)21-14;1-12-7-2-3-10-8(6-7)9(11)4-5-13-10/h4-5,8H,3,6-7H2,1-2H3;2-3,6H,4-5H2,1H3. The van der Waals surface area contributed by atoms with Gasteiger partial charge in [0, 0.05) is 18.4 Å². The van der Waals surface area contributed by atoms with Crippen LogP contribution in [-0.2, 0) is 11.2 Å². The first-order chi connectivity index (χ1) is 16.5. The summed E-state index contributed by atoms with van der Waals surface area (Å²) in [5.74, 6) is 2.64. The van der Waals surface area contributed by atoms with Crippen LogP contribution in [-0.4, -0.2) is 50.8 Å². The number of hydrogen-bond donors (Lipinski definition) is 0. The number of benzene rings is 2. The Bertz CT molecular complexity index is 1200. The van der Waals surface area contributed by atoms with Crippen LogP contribution < -0.4 is 18.9 Å². The maximum atomic E-state index is 11.9. The van der Waals surface area contributed by atoms with Crippen molar-refractivity contribution in [3.8, 4) is 33.4 Å². The quantitative estimate of drug-likeness (QED) is 0.498. The normalized spacial score (nSPS) is 13.4. The molecule has 0 fully saturated rings. The van der Waals surface area contributed by atoms with E-state index in [1.54, 1.807) is 39.3 Å². The third-order valence-electron chi connectivity index (χ3n) is 5.25. The molecule has 2 aliphatic heterocycles. The summed E-state index contributed by atoms with van der Waals surface area (Å²) < 4.78 is 26.4. The van der Waals surface area contributed by atoms with Gasteiger partial charge in [-0.05, 0) is 43.3 Å². The van der Waals surface area contributed by atoms with Crippen molar-refractivity contribution in [2.24, 2.45) is 0 Å². The fraction of sp³-hybridized carbons (Fsp3) is 0.320. The minimum Gasteiger partial charge on any atom is -0.497 e. The predicted octanol–water partition coefficient (Wildman–Crippen LogP) is 4.59. The minimum atomic E-state index is -0.374. The first-order valence-corrected chi connectivity index (χ1v) is 11.7. The third kappa shape index (κ3) is 4.99. The van der Waals surface area contributed by atoms with Crippen LogP contribution in [0.4, 0.5) is 0 Å². The van der Waals surface area contributed by atoms with Gasteiger partial charge in [-0.1, -0.05) is 0 Å². The summed E-state index contributed by atoms with van der Waals surface area (Å²) in [6.45, 7) is 3.15. The number of rotatable bonds is 4. The number of carbonyl (C=O) groups excluding carboxylic acids is 2. The summed E-state index contributed by atoms with van der Waals surface area (Å²) in [6.07, 6.45) is 1.13. The molecule has 1 aromatic heterocycles. The second-order valence-electron chi connectivity index (χ2n) is 7.36. The highest BCUT2D eigenvalue weighted by molar-refractivity contribution is 7.17. The molecule has 0 bridgehead atoms. The summed E-state index contributed by atoms with van der Waals surface area (Å²) in [5.41, 5.74) is 2.41. The minimum absolute atomic E-state index is 0.125. The maximum absolute atomic E-state index is 11.9. The van der Waals surface area contributed by atoms with E-state index in [4.69, 9.17) is 23.7 Å². The lowest BCUT2D eigenvalue weighted by molar-refractivity contribution is 0.0525. The maximum Gasteiger partial charge on any atom is 0.367 e. The third-order valence-corrected chi connectivity index (χ3v) is 6.36. The number of thiazole rings is 1. The monoisotopic (exact) mass is 483 g/mol. The molecule has 9 heteroatoms. The molecule has 0 saturated carbocycles. The Morgan fingerprint density at radius 3 is 2.24 bits per heavy atom. The van der Waals surface area contributed by atoms with Crippen LogP contribution in [0.3, 0.4) is 0 Å². The van der Waals surface area contributed by atoms with Gasteiger partial charge in [-0.3, -0.25) is 4.79 Å². The Morgan fingerprint density at radius 1 is 0.971 bits per heavy atom. The van der Waals surface area contributed by atoms with Crippen LogP contribution in [0, 0.1) is 0 Å². The van der Waals surface area contributed by atoms with Crippen molar-refractivity contribution in [2.45, 2.75) is 19.8 Å². The van der Waals surface area contributed by atoms with E-state index in [2.05, 4.69) is 4.98 Å². The molecule has 0 amide bonds. The predicted molar refractivity (Wildman–Crippen MR) is 127 cm³/mol. The van der Waals surface area contributed by atoms with E-state index in [9.17, 15) is 9.59 Å². The number of esters is 1. The zero-order valence-electron chi connectivity index (χ0n) is 19.2. The fourth-order valence-corrected chi connectivity index (χ4v) is 4.60. The molecule has 5 rings (SSSR count). The number of fused-ring (bicyclic) bond motifs is 4. The largest absolute Gasteiger partial charge is 0.497 e. The lowest BCUT2D eigenvalue weighted by atomic mass is 10.1. The molecule has 3 heterocycles. The molecule has 0 atom stereocenters. The summed E-state index contributed by atoms with van der Waals surface area (Å²) >= 11 is 1.34. The van der Waals surface area contributed by atoms with Crippen molar-refractivity contribution in [1.29, 1.82) is 0 Å². The number of ether oxygens (including phenoxy) is 5. The van der Waals surface area contributed by atoms with Crippen molar-refractivity contribution in [2.75, 3.05) is 34.0 Å². The fourth-order valence-electron chi connectivity index (χ4n) is 3.58. The molecular weight excluding hydrogens is 458 g/mol. The van der Waals surface area contributed by atoms with Crippen molar-refractivity contribution < 1.29 is 33.3 Å². The van der Waals surface area contributed by atoms with E-state index in [0.29, 0.717) is 54.7 Å². The average Bonchev–Trinajstić information content (AvgIpc) is 3.21. The van der Waals surface area contributed by atoms with Gasteiger partial charge in [0.1, 0.15) is 23.0 Å². The van der Waals surface area contributed by atoms with E-state index in [1.165, 1.54) is 11.3 Å². The number of Topliss-reactive ketones (excluding diaryl/α,β-unsaturated/α-hetero) is 1. The van der Waals surface area contributed by atoms with Gasteiger partial charge in [-0.25, -0.2) is 9.78 Å². The molecule has 0 aliphatic carbocycles. The molecule has 0 N–H and O–H groups in total. The molecule has 34 heavy (non-hydrogen) atoms. The van der Waals surface area contributed by atoms with Gasteiger partial charge in [-0.15, -0.1) is 11.3 Å². The molecule has 0 spiro atoms. The zero-order valence-corrected chi connectivity index (χ0v) is 20.0. The SMILES string of the molecule is CCOC(=O)c1nc2c(s1)-c1cc(OC)ccc1OCC2.COc1ccc2c(c1)C(=O)CCO2. The van der Waals surface area contributed by atoms with Crippen LogP contribution in [0.25, 0.3) is 10.4 Å². The second-order valence-corrected chi connectivity index (χ2v) is 8.36. The van der Waals surface area contributed by atoms with Gasteiger partial charge in [0.2, 0.25) is 5.01 Å². The summed E-state index contributed by atoms with van der Waals surface area (Å²) in [4.78, 5) is 28.6. The molecule has 178 valence electrons. The molecule has 0 radical (unpaired) electrons. The highest BCUT2D eigenvalue weighted by Crippen LogP contribution is 2.41. The van der Waals surface area contributed by atoms with Gasteiger partial charge < -0.3 is 23.7 Å². The van der Waals surface area contributed by atoms with E-state index in [-0.39, 0.29) is 11.8 Å². The van der Waals surface area contributed by atoms with Crippen molar-refractivity contribution in [3.05, 3.63) is 52.7 Å². The van der Waals surface area contributed by atoms with Gasteiger partial charge >= 0.3 is 5.97 Å². The molecule has 2 aromatic carbocycles. The Hall–Kier alpha value is -3.59. The summed E-state index contributed by atoms with van der Waals surface area (Å²) in [7, 11) is 3.20. The van der Waals surface area contributed by atoms with Crippen LogP contribution in [0.1, 0.15) is 39.2 Å².